The van der Waals surface area contributed by atoms with Gasteiger partial charge in [0.05, 0.1) is 10.5 Å². The van der Waals surface area contributed by atoms with Gasteiger partial charge in [0.2, 0.25) is 5.91 Å². The van der Waals surface area contributed by atoms with Crippen molar-refractivity contribution in [2.24, 2.45) is 5.92 Å². The van der Waals surface area contributed by atoms with Crippen molar-refractivity contribution in [3.8, 4) is 11.3 Å². The zero-order valence-corrected chi connectivity index (χ0v) is 17.2. The van der Waals surface area contributed by atoms with Gasteiger partial charge >= 0.3 is 5.97 Å². The molecule has 0 saturated carbocycles. The molecule has 2 heterocycles. The maximum atomic E-state index is 12.5. The molecule has 1 saturated heterocycles. The van der Waals surface area contributed by atoms with Crippen LogP contribution < -0.4 is 5.32 Å². The van der Waals surface area contributed by atoms with E-state index >= 15 is 0 Å². The quantitative estimate of drug-likeness (QED) is 0.649. The van der Waals surface area contributed by atoms with Gasteiger partial charge < -0.3 is 14.8 Å². The number of nitrogens with zero attached hydrogens (tertiary/aromatic N) is 1. The molecule has 30 heavy (non-hydrogen) atoms. The molecule has 8 nitrogen and oxygen atoms in total. The SMILES string of the molecule is CC(C)CNC(=O)CN1C(=O)S/C(=C\c2ccc(-c3cccc(C(=O)O)c3)o2)C1=O. The topological polar surface area (TPSA) is 117 Å². The van der Waals surface area contributed by atoms with Crippen molar-refractivity contribution in [1.82, 2.24) is 10.2 Å². The lowest BCUT2D eigenvalue weighted by Gasteiger charge is -2.13. The van der Waals surface area contributed by atoms with Crippen LogP contribution in [0.1, 0.15) is 30.0 Å². The second-order valence-electron chi connectivity index (χ2n) is 7.05. The predicted molar refractivity (Wildman–Crippen MR) is 112 cm³/mol. The fourth-order valence-corrected chi connectivity index (χ4v) is 3.49. The monoisotopic (exact) mass is 428 g/mol. The summed E-state index contributed by atoms with van der Waals surface area (Å²) in [5, 5.41) is 11.3. The van der Waals surface area contributed by atoms with E-state index in [1.165, 1.54) is 18.2 Å². The van der Waals surface area contributed by atoms with Gasteiger partial charge in [-0.15, -0.1) is 0 Å². The Labute approximate surface area is 176 Å². The van der Waals surface area contributed by atoms with E-state index in [1.54, 1.807) is 24.3 Å². The molecule has 1 aliphatic heterocycles. The molecule has 1 aromatic carbocycles. The summed E-state index contributed by atoms with van der Waals surface area (Å²) >= 11 is 0.735. The number of furan rings is 1. The van der Waals surface area contributed by atoms with Crippen LogP contribution in [0.15, 0.2) is 45.7 Å². The number of amides is 3. The van der Waals surface area contributed by atoms with E-state index in [1.807, 2.05) is 13.8 Å². The molecular weight excluding hydrogens is 408 g/mol. The summed E-state index contributed by atoms with van der Waals surface area (Å²) in [6.07, 6.45) is 1.43. The first kappa shape index (κ1) is 21.4. The Morgan fingerprint density at radius 3 is 2.70 bits per heavy atom. The number of carbonyl (C=O) groups is 4. The summed E-state index contributed by atoms with van der Waals surface area (Å²) in [6.45, 7) is 4.01. The van der Waals surface area contributed by atoms with Crippen molar-refractivity contribution in [3.63, 3.8) is 0 Å². The van der Waals surface area contributed by atoms with Crippen molar-refractivity contribution in [2.75, 3.05) is 13.1 Å². The van der Waals surface area contributed by atoms with Crippen molar-refractivity contribution >= 4 is 40.9 Å². The lowest BCUT2D eigenvalue weighted by molar-refractivity contribution is -0.129. The number of carbonyl (C=O) groups excluding carboxylic acids is 3. The van der Waals surface area contributed by atoms with Crippen molar-refractivity contribution < 1.29 is 28.7 Å². The molecule has 0 radical (unpaired) electrons. The van der Waals surface area contributed by atoms with E-state index in [-0.39, 0.29) is 22.9 Å². The minimum Gasteiger partial charge on any atom is -0.478 e. The first-order chi connectivity index (χ1) is 14.2. The number of carboxylic acid groups (broad SMARTS) is 1. The van der Waals surface area contributed by atoms with Crippen LogP contribution >= 0.6 is 11.8 Å². The Bertz CT molecular complexity index is 1040. The molecule has 2 aromatic rings. The lowest BCUT2D eigenvalue weighted by atomic mass is 10.1. The highest BCUT2D eigenvalue weighted by Gasteiger charge is 2.36. The van der Waals surface area contributed by atoms with Crippen LogP contribution in [0, 0.1) is 5.92 Å². The number of benzene rings is 1. The second-order valence-corrected chi connectivity index (χ2v) is 8.05. The highest BCUT2D eigenvalue weighted by atomic mass is 32.2. The molecule has 0 atom stereocenters. The van der Waals surface area contributed by atoms with Crippen LogP contribution in [-0.4, -0.2) is 46.1 Å². The molecule has 9 heteroatoms. The minimum atomic E-state index is -1.05. The molecular formula is C21H20N2O6S. The molecule has 0 bridgehead atoms. The zero-order valence-electron chi connectivity index (χ0n) is 16.4. The summed E-state index contributed by atoms with van der Waals surface area (Å²) in [6, 6.07) is 9.54. The highest BCUT2D eigenvalue weighted by Crippen LogP contribution is 2.33. The fraction of sp³-hybridized carbons (Fsp3) is 0.238. The predicted octanol–water partition coefficient (Wildman–Crippen LogP) is 3.45. The second kappa shape index (κ2) is 9.00. The Hall–Kier alpha value is -3.33. The molecule has 0 unspecified atom stereocenters. The molecule has 1 aromatic heterocycles. The zero-order chi connectivity index (χ0) is 21.8. The third-order valence-corrected chi connectivity index (χ3v) is 5.08. The molecule has 2 N–H and O–H groups in total. The van der Waals surface area contributed by atoms with Crippen LogP contribution in [0.3, 0.4) is 0 Å². The summed E-state index contributed by atoms with van der Waals surface area (Å²) in [7, 11) is 0. The van der Waals surface area contributed by atoms with E-state index in [2.05, 4.69) is 5.32 Å². The van der Waals surface area contributed by atoms with E-state index in [4.69, 9.17) is 9.52 Å². The lowest BCUT2D eigenvalue weighted by Crippen LogP contribution is -2.40. The number of aromatic carboxylic acids is 1. The maximum Gasteiger partial charge on any atom is 0.335 e. The molecule has 0 spiro atoms. The number of rotatable bonds is 7. The Morgan fingerprint density at radius 2 is 2.00 bits per heavy atom. The van der Waals surface area contributed by atoms with Crippen molar-refractivity contribution in [3.05, 3.63) is 52.6 Å². The number of imide groups is 1. The van der Waals surface area contributed by atoms with Crippen LogP contribution in [-0.2, 0) is 9.59 Å². The van der Waals surface area contributed by atoms with Crippen LogP contribution in [0.4, 0.5) is 4.79 Å². The Balaban J connectivity index is 1.73. The summed E-state index contributed by atoms with van der Waals surface area (Å²) in [4.78, 5) is 48.8. The molecule has 1 fully saturated rings. The molecule has 3 rings (SSSR count). The van der Waals surface area contributed by atoms with Gasteiger partial charge in [0.15, 0.2) is 0 Å². The van der Waals surface area contributed by atoms with E-state index in [9.17, 15) is 19.2 Å². The van der Waals surface area contributed by atoms with Crippen molar-refractivity contribution in [1.29, 1.82) is 0 Å². The third-order valence-electron chi connectivity index (χ3n) is 4.18. The van der Waals surface area contributed by atoms with Crippen LogP contribution in [0.2, 0.25) is 0 Å². The van der Waals surface area contributed by atoms with Gasteiger partial charge in [0.1, 0.15) is 18.1 Å². The van der Waals surface area contributed by atoms with E-state index < -0.39 is 23.0 Å². The average Bonchev–Trinajstić information content (AvgIpc) is 3.27. The van der Waals surface area contributed by atoms with Crippen LogP contribution in [0.5, 0.6) is 0 Å². The third kappa shape index (κ3) is 4.98. The number of nitrogens with one attached hydrogen (secondary N) is 1. The summed E-state index contributed by atoms with van der Waals surface area (Å²) in [5.74, 6) is -0.985. The van der Waals surface area contributed by atoms with E-state index in [0.717, 1.165) is 16.7 Å². The van der Waals surface area contributed by atoms with Gasteiger partial charge in [0, 0.05) is 18.2 Å². The molecule has 3 amide bonds. The molecule has 1 aliphatic rings. The van der Waals surface area contributed by atoms with Crippen molar-refractivity contribution in [2.45, 2.75) is 13.8 Å². The normalized spacial score (nSPS) is 15.3. The van der Waals surface area contributed by atoms with Gasteiger partial charge in [-0.05, 0) is 41.9 Å². The van der Waals surface area contributed by atoms with Gasteiger partial charge in [0.25, 0.3) is 11.1 Å². The Morgan fingerprint density at radius 1 is 1.23 bits per heavy atom. The van der Waals surface area contributed by atoms with Crippen LogP contribution in [0.25, 0.3) is 17.4 Å². The molecule has 156 valence electrons. The molecule has 0 aliphatic carbocycles. The van der Waals surface area contributed by atoms with Gasteiger partial charge in [-0.2, -0.15) is 0 Å². The summed E-state index contributed by atoms with van der Waals surface area (Å²) in [5.41, 5.74) is 0.701. The number of hydrogen-bond acceptors (Lipinski definition) is 6. The largest absolute Gasteiger partial charge is 0.478 e. The summed E-state index contributed by atoms with van der Waals surface area (Å²) < 4.78 is 5.69. The first-order valence-corrected chi connectivity index (χ1v) is 10.0. The highest BCUT2D eigenvalue weighted by molar-refractivity contribution is 8.18. The smallest absolute Gasteiger partial charge is 0.335 e. The number of hydrogen-bond donors (Lipinski definition) is 2. The first-order valence-electron chi connectivity index (χ1n) is 9.20. The number of carboxylic acids is 1. The van der Waals surface area contributed by atoms with Gasteiger partial charge in [-0.3, -0.25) is 19.3 Å². The maximum absolute atomic E-state index is 12.5. The number of thioether (sulfide) groups is 1. The standard InChI is InChI=1S/C21H20N2O6S/c1-12(2)10-22-18(24)11-23-19(25)17(30-21(23)28)9-15-6-7-16(29-15)13-4-3-5-14(8-13)20(26)27/h3-9,12H,10-11H2,1-2H3,(H,22,24)(H,26,27)/b17-9-. The van der Waals surface area contributed by atoms with Gasteiger partial charge in [-0.25, -0.2) is 4.79 Å². The Kier molecular flexibility index (Phi) is 6.41. The van der Waals surface area contributed by atoms with E-state index in [0.29, 0.717) is 23.6 Å². The fourth-order valence-electron chi connectivity index (χ4n) is 2.67. The van der Waals surface area contributed by atoms with Gasteiger partial charge in [-0.1, -0.05) is 26.0 Å². The minimum absolute atomic E-state index is 0.127. The average molecular weight is 428 g/mol.